The van der Waals surface area contributed by atoms with Gasteiger partial charge < -0.3 is 11.1 Å². The summed E-state index contributed by atoms with van der Waals surface area (Å²) in [6.45, 7) is 5.69. The number of carbonyl (C=O) groups is 1. The van der Waals surface area contributed by atoms with Crippen LogP contribution in [-0.4, -0.2) is 38.4 Å². The molecule has 0 aromatic heterocycles. The van der Waals surface area contributed by atoms with Crippen LogP contribution in [0.15, 0.2) is 0 Å². The van der Waals surface area contributed by atoms with Crippen molar-refractivity contribution in [3.8, 4) is 0 Å². The lowest BCUT2D eigenvalue weighted by atomic mass is 10.1. The molecular weight excluding hydrogens is 216 g/mol. The molecule has 6 heteroatoms. The van der Waals surface area contributed by atoms with E-state index < -0.39 is 14.6 Å². The molecular formula is C9H20N2O3S. The maximum absolute atomic E-state index is 11.3. The van der Waals surface area contributed by atoms with Gasteiger partial charge in [-0.25, -0.2) is 8.42 Å². The fourth-order valence-corrected chi connectivity index (χ4v) is 1.19. The number of primary amides is 1. The molecule has 1 unspecified atom stereocenters. The van der Waals surface area contributed by atoms with Gasteiger partial charge in [0.25, 0.3) is 0 Å². The molecule has 5 nitrogen and oxygen atoms in total. The van der Waals surface area contributed by atoms with E-state index in [1.807, 2.05) is 0 Å². The van der Waals surface area contributed by atoms with Crippen LogP contribution in [0.5, 0.6) is 0 Å². The van der Waals surface area contributed by atoms with Gasteiger partial charge in [-0.3, -0.25) is 4.79 Å². The lowest BCUT2D eigenvalue weighted by molar-refractivity contribution is -0.121. The molecule has 0 aromatic carbocycles. The van der Waals surface area contributed by atoms with Crippen molar-refractivity contribution in [1.29, 1.82) is 0 Å². The molecule has 0 heterocycles. The molecule has 0 spiro atoms. The molecule has 1 amide bonds. The van der Waals surface area contributed by atoms with E-state index in [9.17, 15) is 13.2 Å². The Morgan fingerprint density at radius 1 is 1.47 bits per heavy atom. The molecule has 15 heavy (non-hydrogen) atoms. The Labute approximate surface area is 91.3 Å². The van der Waals surface area contributed by atoms with Crippen molar-refractivity contribution in [2.75, 3.05) is 19.3 Å². The Kier molecular flexibility index (Phi) is 4.73. The second-order valence-electron chi connectivity index (χ2n) is 4.47. The summed E-state index contributed by atoms with van der Waals surface area (Å²) in [5.74, 6) is -0.681. The Morgan fingerprint density at radius 3 is 2.27 bits per heavy atom. The maximum atomic E-state index is 11.3. The number of sulfone groups is 1. The van der Waals surface area contributed by atoms with Crippen LogP contribution in [0, 0.1) is 5.92 Å². The molecule has 0 aliphatic rings. The molecule has 0 bridgehead atoms. The Bertz CT molecular complexity index is 322. The summed E-state index contributed by atoms with van der Waals surface area (Å²) in [6.07, 6.45) is 1.20. The van der Waals surface area contributed by atoms with E-state index in [-0.39, 0.29) is 11.8 Å². The van der Waals surface area contributed by atoms with E-state index in [2.05, 4.69) is 5.32 Å². The first-order chi connectivity index (χ1) is 6.58. The van der Waals surface area contributed by atoms with Gasteiger partial charge >= 0.3 is 0 Å². The summed E-state index contributed by atoms with van der Waals surface area (Å²) >= 11 is 0. The highest BCUT2D eigenvalue weighted by Crippen LogP contribution is 2.13. The molecule has 0 rings (SSSR count). The van der Waals surface area contributed by atoms with Gasteiger partial charge in [-0.2, -0.15) is 0 Å². The fraction of sp³-hybridized carbons (Fsp3) is 0.889. The molecule has 90 valence electrons. The number of nitrogens with one attached hydrogen (secondary N) is 1. The summed E-state index contributed by atoms with van der Waals surface area (Å²) in [5.41, 5.74) is 5.07. The van der Waals surface area contributed by atoms with E-state index in [1.165, 1.54) is 6.26 Å². The lowest BCUT2D eigenvalue weighted by Gasteiger charge is -2.23. The van der Waals surface area contributed by atoms with Crippen LogP contribution < -0.4 is 11.1 Å². The van der Waals surface area contributed by atoms with Crippen molar-refractivity contribution in [1.82, 2.24) is 5.32 Å². The topological polar surface area (TPSA) is 89.3 Å². The highest BCUT2D eigenvalue weighted by atomic mass is 32.2. The third-order valence-electron chi connectivity index (χ3n) is 2.49. The van der Waals surface area contributed by atoms with Crippen LogP contribution in [0.25, 0.3) is 0 Å². The largest absolute Gasteiger partial charge is 0.369 e. The van der Waals surface area contributed by atoms with Crippen LogP contribution in [0.4, 0.5) is 0 Å². The minimum atomic E-state index is -3.10. The number of hydrogen-bond acceptors (Lipinski definition) is 4. The van der Waals surface area contributed by atoms with Crippen molar-refractivity contribution in [3.05, 3.63) is 0 Å². The van der Waals surface area contributed by atoms with Gasteiger partial charge in [0, 0.05) is 25.3 Å². The molecule has 0 radical (unpaired) electrons. The summed E-state index contributed by atoms with van der Waals surface area (Å²) < 4.78 is 21.8. The zero-order valence-electron chi connectivity index (χ0n) is 9.70. The predicted octanol–water partition coefficient (Wildman–Crippen LogP) is -0.479. The Morgan fingerprint density at radius 2 is 1.93 bits per heavy atom. The first-order valence-electron chi connectivity index (χ1n) is 4.77. The van der Waals surface area contributed by atoms with Gasteiger partial charge in [0.2, 0.25) is 5.91 Å². The number of amides is 1. The van der Waals surface area contributed by atoms with Crippen LogP contribution in [0.1, 0.15) is 20.8 Å². The van der Waals surface area contributed by atoms with Crippen LogP contribution in [-0.2, 0) is 14.6 Å². The minimum absolute atomic E-state index is 0.291. The van der Waals surface area contributed by atoms with Gasteiger partial charge in [0.15, 0.2) is 9.84 Å². The molecule has 0 aliphatic carbocycles. The number of nitrogens with two attached hydrogens (primary N) is 1. The van der Waals surface area contributed by atoms with E-state index in [0.717, 1.165) is 0 Å². The van der Waals surface area contributed by atoms with E-state index in [4.69, 9.17) is 5.73 Å². The van der Waals surface area contributed by atoms with Crippen LogP contribution in [0.3, 0.4) is 0 Å². The summed E-state index contributed by atoms with van der Waals surface area (Å²) in [6, 6.07) is 0. The molecule has 0 fully saturated rings. The van der Waals surface area contributed by atoms with Gasteiger partial charge in [-0.1, -0.05) is 6.92 Å². The molecule has 0 saturated heterocycles. The SMILES string of the molecule is CC(CNCC(C)(C)S(C)(=O)=O)C(N)=O. The van der Waals surface area contributed by atoms with Gasteiger partial charge in [0.05, 0.1) is 4.75 Å². The van der Waals surface area contributed by atoms with Crippen molar-refractivity contribution < 1.29 is 13.2 Å². The molecule has 0 aromatic rings. The van der Waals surface area contributed by atoms with E-state index in [0.29, 0.717) is 13.1 Å². The smallest absolute Gasteiger partial charge is 0.221 e. The van der Waals surface area contributed by atoms with Crippen molar-refractivity contribution in [3.63, 3.8) is 0 Å². The highest BCUT2D eigenvalue weighted by Gasteiger charge is 2.29. The summed E-state index contributed by atoms with van der Waals surface area (Å²) in [4.78, 5) is 10.7. The van der Waals surface area contributed by atoms with E-state index >= 15 is 0 Å². The summed E-state index contributed by atoms with van der Waals surface area (Å²) in [7, 11) is -3.10. The number of carbonyl (C=O) groups excluding carboxylic acids is 1. The first-order valence-corrected chi connectivity index (χ1v) is 6.66. The van der Waals surface area contributed by atoms with Gasteiger partial charge in [0.1, 0.15) is 0 Å². The monoisotopic (exact) mass is 236 g/mol. The normalized spacial score (nSPS) is 14.9. The highest BCUT2D eigenvalue weighted by molar-refractivity contribution is 7.92. The van der Waals surface area contributed by atoms with Gasteiger partial charge in [-0.05, 0) is 13.8 Å². The zero-order valence-corrected chi connectivity index (χ0v) is 10.5. The van der Waals surface area contributed by atoms with Crippen LogP contribution in [0.2, 0.25) is 0 Å². The Balaban J connectivity index is 4.13. The Hall–Kier alpha value is -0.620. The molecule has 0 aliphatic heterocycles. The maximum Gasteiger partial charge on any atom is 0.221 e. The third kappa shape index (κ3) is 4.61. The van der Waals surface area contributed by atoms with Crippen LogP contribution >= 0.6 is 0 Å². The second-order valence-corrected chi connectivity index (χ2v) is 7.12. The first kappa shape index (κ1) is 14.4. The van der Waals surface area contributed by atoms with Gasteiger partial charge in [-0.15, -0.1) is 0 Å². The standard InChI is InChI=1S/C9H20N2O3S/c1-7(8(10)12)5-11-6-9(2,3)15(4,13)14/h7,11H,5-6H2,1-4H3,(H2,10,12). The average Bonchev–Trinajstić information content (AvgIpc) is 2.01. The van der Waals surface area contributed by atoms with Crippen molar-refractivity contribution in [2.45, 2.75) is 25.5 Å². The second kappa shape index (κ2) is 4.94. The molecule has 3 N–H and O–H groups in total. The molecule has 0 saturated carbocycles. The third-order valence-corrected chi connectivity index (χ3v) is 4.64. The quantitative estimate of drug-likeness (QED) is 0.652. The average molecular weight is 236 g/mol. The molecule has 1 atom stereocenters. The fourth-order valence-electron chi connectivity index (χ4n) is 0.821. The van der Waals surface area contributed by atoms with E-state index in [1.54, 1.807) is 20.8 Å². The number of rotatable bonds is 6. The number of hydrogen-bond donors (Lipinski definition) is 2. The minimum Gasteiger partial charge on any atom is -0.369 e. The van der Waals surface area contributed by atoms with Crippen molar-refractivity contribution >= 4 is 15.7 Å². The lowest BCUT2D eigenvalue weighted by Crippen LogP contribution is -2.44. The van der Waals surface area contributed by atoms with Crippen molar-refractivity contribution in [2.24, 2.45) is 11.7 Å². The zero-order chi connectivity index (χ0) is 12.3. The predicted molar refractivity (Wildman–Crippen MR) is 60.2 cm³/mol. The summed E-state index contributed by atoms with van der Waals surface area (Å²) in [5, 5.41) is 2.93.